The molecule has 0 aromatic heterocycles. The highest BCUT2D eigenvalue weighted by Gasteiger charge is 2.22. The fourth-order valence-corrected chi connectivity index (χ4v) is 3.64. The van der Waals surface area contributed by atoms with Gasteiger partial charge in [-0.1, -0.05) is 12.1 Å². The Morgan fingerprint density at radius 3 is 2.31 bits per heavy atom. The number of carbonyl (C=O) groups excluding carboxylic acids is 2. The van der Waals surface area contributed by atoms with E-state index in [1.165, 1.54) is 0 Å². The van der Waals surface area contributed by atoms with E-state index in [9.17, 15) is 9.59 Å². The van der Waals surface area contributed by atoms with Gasteiger partial charge in [0.1, 0.15) is 5.75 Å². The van der Waals surface area contributed by atoms with Crippen LogP contribution in [0.4, 0.5) is 11.4 Å². The molecule has 0 bridgehead atoms. The van der Waals surface area contributed by atoms with Crippen molar-refractivity contribution in [1.82, 2.24) is 4.90 Å². The van der Waals surface area contributed by atoms with Gasteiger partial charge in [-0.2, -0.15) is 0 Å². The molecule has 154 valence electrons. The van der Waals surface area contributed by atoms with Crippen molar-refractivity contribution in [2.45, 2.75) is 20.3 Å². The maximum Gasteiger partial charge on any atom is 0.224 e. The van der Waals surface area contributed by atoms with Crippen LogP contribution in [0.2, 0.25) is 0 Å². The number of hydrogen-bond acceptors (Lipinski definition) is 4. The van der Waals surface area contributed by atoms with Crippen LogP contribution in [0.3, 0.4) is 0 Å². The topological polar surface area (TPSA) is 53.1 Å². The predicted octanol–water partition coefficient (Wildman–Crippen LogP) is 3.10. The molecule has 29 heavy (non-hydrogen) atoms. The molecule has 0 radical (unpaired) electrons. The van der Waals surface area contributed by atoms with Crippen LogP contribution >= 0.6 is 0 Å². The maximum atomic E-state index is 12.7. The number of amides is 2. The Bertz CT molecular complexity index is 843. The van der Waals surface area contributed by atoms with E-state index in [1.807, 2.05) is 60.4 Å². The summed E-state index contributed by atoms with van der Waals surface area (Å²) in [6, 6.07) is 15.8. The molecule has 0 N–H and O–H groups in total. The summed E-state index contributed by atoms with van der Waals surface area (Å²) < 4.78 is 5.21. The molecule has 1 aliphatic rings. The van der Waals surface area contributed by atoms with Crippen molar-refractivity contribution < 1.29 is 14.3 Å². The lowest BCUT2D eigenvalue weighted by Gasteiger charge is -2.36. The molecular weight excluding hydrogens is 366 g/mol. The molecule has 1 fully saturated rings. The Morgan fingerprint density at radius 1 is 1.03 bits per heavy atom. The molecule has 6 nitrogen and oxygen atoms in total. The molecule has 0 spiro atoms. The number of ether oxygens (including phenoxy) is 1. The average molecular weight is 396 g/mol. The summed E-state index contributed by atoms with van der Waals surface area (Å²) in [5.74, 6) is 0.886. The van der Waals surface area contributed by atoms with E-state index in [0.29, 0.717) is 26.1 Å². The molecule has 3 rings (SSSR count). The molecule has 1 aliphatic heterocycles. The van der Waals surface area contributed by atoms with Crippen LogP contribution in [-0.4, -0.2) is 56.5 Å². The third-order valence-corrected chi connectivity index (χ3v) is 5.31. The number of hydrogen-bond donors (Lipinski definition) is 0. The van der Waals surface area contributed by atoms with Gasteiger partial charge in [0.15, 0.2) is 0 Å². The van der Waals surface area contributed by atoms with E-state index < -0.39 is 0 Å². The molecule has 2 amide bonds. The maximum absolute atomic E-state index is 12.7. The van der Waals surface area contributed by atoms with Crippen LogP contribution in [-0.2, 0) is 9.59 Å². The molecular formula is C23H29N3O3. The van der Waals surface area contributed by atoms with Gasteiger partial charge in [0, 0.05) is 57.4 Å². The zero-order valence-electron chi connectivity index (χ0n) is 17.4. The van der Waals surface area contributed by atoms with Gasteiger partial charge in [-0.15, -0.1) is 0 Å². The summed E-state index contributed by atoms with van der Waals surface area (Å²) in [5.41, 5.74) is 3.07. The van der Waals surface area contributed by atoms with E-state index in [2.05, 4.69) is 4.90 Å². The van der Waals surface area contributed by atoms with Crippen molar-refractivity contribution in [3.05, 3.63) is 54.1 Å². The first-order chi connectivity index (χ1) is 14.0. The van der Waals surface area contributed by atoms with Gasteiger partial charge in [-0.05, 0) is 48.9 Å². The summed E-state index contributed by atoms with van der Waals surface area (Å²) in [4.78, 5) is 30.6. The molecule has 0 saturated carbocycles. The minimum Gasteiger partial charge on any atom is -0.497 e. The van der Waals surface area contributed by atoms with Crippen molar-refractivity contribution in [3.8, 4) is 5.75 Å². The summed E-state index contributed by atoms with van der Waals surface area (Å²) >= 11 is 0. The Hall–Kier alpha value is -3.02. The van der Waals surface area contributed by atoms with Crippen LogP contribution in [0.15, 0.2) is 48.5 Å². The zero-order chi connectivity index (χ0) is 20.8. The van der Waals surface area contributed by atoms with E-state index in [1.54, 1.807) is 18.9 Å². The van der Waals surface area contributed by atoms with Crippen molar-refractivity contribution in [2.75, 3.05) is 49.6 Å². The van der Waals surface area contributed by atoms with Crippen molar-refractivity contribution in [3.63, 3.8) is 0 Å². The predicted molar refractivity (Wildman–Crippen MR) is 116 cm³/mol. The van der Waals surface area contributed by atoms with Gasteiger partial charge in [0.25, 0.3) is 0 Å². The molecule has 2 aromatic rings. The summed E-state index contributed by atoms with van der Waals surface area (Å²) in [6.45, 7) is 6.91. The second-order valence-electron chi connectivity index (χ2n) is 7.33. The molecule has 0 aliphatic carbocycles. The number of nitrogens with zero attached hydrogens (tertiary/aromatic N) is 3. The van der Waals surface area contributed by atoms with Gasteiger partial charge in [0.2, 0.25) is 11.8 Å². The van der Waals surface area contributed by atoms with Crippen molar-refractivity contribution in [1.29, 1.82) is 0 Å². The highest BCUT2D eigenvalue weighted by molar-refractivity contribution is 5.92. The minimum absolute atomic E-state index is 0.0484. The summed E-state index contributed by atoms with van der Waals surface area (Å²) in [7, 11) is 1.66. The van der Waals surface area contributed by atoms with Gasteiger partial charge in [0.05, 0.1) is 7.11 Å². The van der Waals surface area contributed by atoms with Crippen LogP contribution in [0.25, 0.3) is 0 Å². The Balaban J connectivity index is 1.52. The lowest BCUT2D eigenvalue weighted by Crippen LogP contribution is -2.49. The number of piperazine rings is 1. The Labute approximate surface area is 172 Å². The molecule has 0 unspecified atom stereocenters. The van der Waals surface area contributed by atoms with Crippen molar-refractivity contribution >= 4 is 23.2 Å². The molecule has 0 atom stereocenters. The summed E-state index contributed by atoms with van der Waals surface area (Å²) in [5, 5.41) is 0. The first-order valence-corrected chi connectivity index (χ1v) is 9.99. The van der Waals surface area contributed by atoms with Gasteiger partial charge >= 0.3 is 0 Å². The second-order valence-corrected chi connectivity index (χ2v) is 7.33. The van der Waals surface area contributed by atoms with Crippen LogP contribution in [0.5, 0.6) is 5.75 Å². The Kier molecular flexibility index (Phi) is 6.75. The quantitative estimate of drug-likeness (QED) is 0.754. The number of rotatable bonds is 6. The second kappa shape index (κ2) is 9.45. The van der Waals surface area contributed by atoms with Crippen LogP contribution in [0.1, 0.15) is 18.9 Å². The molecule has 6 heteroatoms. The monoisotopic (exact) mass is 395 g/mol. The third kappa shape index (κ3) is 5.28. The average Bonchev–Trinajstić information content (AvgIpc) is 2.74. The van der Waals surface area contributed by atoms with Crippen LogP contribution in [0, 0.1) is 6.92 Å². The number of methoxy groups -OCH3 is 1. The fourth-order valence-electron chi connectivity index (χ4n) is 3.64. The largest absolute Gasteiger partial charge is 0.497 e. The highest BCUT2D eigenvalue weighted by atomic mass is 16.5. The van der Waals surface area contributed by atoms with Gasteiger partial charge in [-0.3, -0.25) is 9.59 Å². The Morgan fingerprint density at radius 2 is 1.72 bits per heavy atom. The molecule has 1 heterocycles. The van der Waals surface area contributed by atoms with Crippen LogP contribution < -0.4 is 14.5 Å². The fraction of sp³-hybridized carbons (Fsp3) is 0.391. The van der Waals surface area contributed by atoms with Crippen molar-refractivity contribution in [2.24, 2.45) is 0 Å². The minimum atomic E-state index is -0.0484. The lowest BCUT2D eigenvalue weighted by atomic mass is 10.2. The standard InChI is InChI=1S/C23H29N3O3/c1-18-5-4-6-21(17-18)26(19(2)27)12-11-23(28)25-15-13-24(14-16-25)20-7-9-22(29-3)10-8-20/h4-10,17H,11-16H2,1-3H3. The highest BCUT2D eigenvalue weighted by Crippen LogP contribution is 2.21. The summed E-state index contributed by atoms with van der Waals surface area (Å²) in [6.07, 6.45) is 0.329. The normalized spacial score (nSPS) is 13.9. The lowest BCUT2D eigenvalue weighted by molar-refractivity contribution is -0.131. The number of benzene rings is 2. The van der Waals surface area contributed by atoms with E-state index in [4.69, 9.17) is 4.74 Å². The van der Waals surface area contributed by atoms with Gasteiger partial charge < -0.3 is 19.4 Å². The molecule has 2 aromatic carbocycles. The van der Waals surface area contributed by atoms with E-state index in [0.717, 1.165) is 35.8 Å². The number of aryl methyl sites for hydroxylation is 1. The SMILES string of the molecule is COc1ccc(N2CCN(C(=O)CCN(C(C)=O)c3cccc(C)c3)CC2)cc1. The first-order valence-electron chi connectivity index (χ1n) is 9.99. The first kappa shape index (κ1) is 20.7. The van der Waals surface area contributed by atoms with E-state index in [-0.39, 0.29) is 11.8 Å². The number of anilines is 2. The molecule has 1 saturated heterocycles. The van der Waals surface area contributed by atoms with E-state index >= 15 is 0 Å². The number of carbonyl (C=O) groups is 2. The van der Waals surface area contributed by atoms with Gasteiger partial charge in [-0.25, -0.2) is 0 Å². The third-order valence-electron chi connectivity index (χ3n) is 5.31. The smallest absolute Gasteiger partial charge is 0.224 e. The zero-order valence-corrected chi connectivity index (χ0v) is 17.4.